The van der Waals surface area contributed by atoms with Gasteiger partial charge in [0.15, 0.2) is 0 Å². The van der Waals surface area contributed by atoms with Crippen molar-refractivity contribution < 1.29 is 0 Å². The molecular formula is C13H16. The Morgan fingerprint density at radius 3 is 2.92 bits per heavy atom. The zero-order chi connectivity index (χ0) is 9.10. The molecule has 13 heavy (non-hydrogen) atoms. The lowest BCUT2D eigenvalue weighted by atomic mass is 9.87. The molecule has 0 atom stereocenters. The van der Waals surface area contributed by atoms with Crippen LogP contribution in [0.15, 0.2) is 30.3 Å². The van der Waals surface area contributed by atoms with E-state index in [9.17, 15) is 0 Å². The average molecular weight is 172 g/mol. The molecule has 0 saturated heterocycles. The maximum Gasteiger partial charge on any atom is -0.0196 e. The molecule has 1 aromatic carbocycles. The van der Waals surface area contributed by atoms with Crippen molar-refractivity contribution in [1.82, 2.24) is 0 Å². The predicted molar refractivity (Wildman–Crippen MR) is 57.6 cm³/mol. The largest absolute Gasteiger partial charge is 0.0810 e. The van der Waals surface area contributed by atoms with Crippen molar-refractivity contribution in [2.24, 2.45) is 0 Å². The van der Waals surface area contributed by atoms with Crippen LogP contribution < -0.4 is 0 Å². The first-order valence-electron chi connectivity index (χ1n) is 5.19. The minimum Gasteiger partial charge on any atom is -0.0810 e. The van der Waals surface area contributed by atoms with Crippen LogP contribution in [0.25, 0.3) is 5.57 Å². The molecule has 0 spiro atoms. The highest BCUT2D eigenvalue weighted by Gasteiger charge is 2.11. The van der Waals surface area contributed by atoms with Gasteiger partial charge in [0.25, 0.3) is 0 Å². The van der Waals surface area contributed by atoms with Gasteiger partial charge in [-0.25, -0.2) is 0 Å². The van der Waals surface area contributed by atoms with Gasteiger partial charge in [-0.05, 0) is 42.4 Å². The van der Waals surface area contributed by atoms with E-state index in [4.69, 9.17) is 0 Å². The van der Waals surface area contributed by atoms with Crippen LogP contribution in [-0.4, -0.2) is 0 Å². The lowest BCUT2D eigenvalue weighted by molar-refractivity contribution is 0.820. The van der Waals surface area contributed by atoms with E-state index in [1.54, 1.807) is 5.57 Å². The summed E-state index contributed by atoms with van der Waals surface area (Å²) in [7, 11) is 0. The zero-order valence-electron chi connectivity index (χ0n) is 8.22. The zero-order valence-corrected chi connectivity index (χ0v) is 8.22. The molecule has 68 valence electrons. The summed E-state index contributed by atoms with van der Waals surface area (Å²) in [6.07, 6.45) is 7.38. The third-order valence-corrected chi connectivity index (χ3v) is 2.71. The molecule has 0 aromatic heterocycles. The lowest BCUT2D eigenvalue weighted by Crippen LogP contribution is -2.00. The molecule has 0 fully saturated rings. The van der Waals surface area contributed by atoms with E-state index in [1.807, 2.05) is 0 Å². The summed E-state index contributed by atoms with van der Waals surface area (Å²) in [5.74, 6) is 0. The molecule has 2 rings (SSSR count). The minimum atomic E-state index is 1.16. The van der Waals surface area contributed by atoms with E-state index in [0.717, 1.165) is 6.42 Å². The summed E-state index contributed by atoms with van der Waals surface area (Å²) in [6.45, 7) is 2.21. The van der Waals surface area contributed by atoms with Crippen LogP contribution in [0, 0.1) is 0 Å². The van der Waals surface area contributed by atoms with Gasteiger partial charge in [0.1, 0.15) is 0 Å². The Labute approximate surface area is 80.3 Å². The Kier molecular flexibility index (Phi) is 2.49. The first kappa shape index (κ1) is 8.55. The van der Waals surface area contributed by atoms with Crippen molar-refractivity contribution in [3.05, 3.63) is 41.5 Å². The van der Waals surface area contributed by atoms with Crippen LogP contribution in [-0.2, 0) is 6.42 Å². The summed E-state index contributed by atoms with van der Waals surface area (Å²) in [4.78, 5) is 0. The highest BCUT2D eigenvalue weighted by atomic mass is 14.2. The second-order valence-electron chi connectivity index (χ2n) is 3.65. The monoisotopic (exact) mass is 172 g/mol. The van der Waals surface area contributed by atoms with Crippen LogP contribution in [0.3, 0.4) is 0 Å². The first-order chi connectivity index (χ1) is 6.42. The van der Waals surface area contributed by atoms with Gasteiger partial charge >= 0.3 is 0 Å². The summed E-state index contributed by atoms with van der Waals surface area (Å²) < 4.78 is 0. The van der Waals surface area contributed by atoms with Crippen molar-refractivity contribution in [2.45, 2.75) is 32.6 Å². The van der Waals surface area contributed by atoms with Gasteiger partial charge < -0.3 is 0 Å². The van der Waals surface area contributed by atoms with E-state index in [2.05, 4.69) is 37.3 Å². The SMILES string of the molecule is CCC=C1CCCc2ccccc21. The molecule has 0 unspecified atom stereocenters. The van der Waals surface area contributed by atoms with Gasteiger partial charge in [0.2, 0.25) is 0 Å². The molecule has 0 aliphatic heterocycles. The molecule has 0 radical (unpaired) electrons. The topological polar surface area (TPSA) is 0 Å². The maximum absolute atomic E-state index is 2.37. The predicted octanol–water partition coefficient (Wildman–Crippen LogP) is 3.82. The van der Waals surface area contributed by atoms with Gasteiger partial charge in [0.05, 0.1) is 0 Å². The molecule has 1 aliphatic carbocycles. The number of hydrogen-bond donors (Lipinski definition) is 0. The molecule has 0 bridgehead atoms. The Bertz CT molecular complexity index is 321. The minimum absolute atomic E-state index is 1.16. The number of aryl methyl sites for hydroxylation is 1. The molecular weight excluding hydrogens is 156 g/mol. The Morgan fingerprint density at radius 1 is 1.23 bits per heavy atom. The summed E-state index contributed by atoms with van der Waals surface area (Å²) >= 11 is 0. The van der Waals surface area contributed by atoms with E-state index < -0.39 is 0 Å². The van der Waals surface area contributed by atoms with Crippen molar-refractivity contribution in [2.75, 3.05) is 0 Å². The maximum atomic E-state index is 2.37. The fourth-order valence-corrected chi connectivity index (χ4v) is 2.11. The number of allylic oxidation sites excluding steroid dienone is 2. The van der Waals surface area contributed by atoms with Gasteiger partial charge in [-0.1, -0.05) is 37.3 Å². The second kappa shape index (κ2) is 3.78. The van der Waals surface area contributed by atoms with Gasteiger partial charge in [-0.2, -0.15) is 0 Å². The summed E-state index contributed by atoms with van der Waals surface area (Å²) in [5, 5.41) is 0. The van der Waals surface area contributed by atoms with E-state index in [1.165, 1.54) is 30.4 Å². The molecule has 0 saturated carbocycles. The van der Waals surface area contributed by atoms with Crippen LogP contribution in [0.5, 0.6) is 0 Å². The third kappa shape index (κ3) is 1.67. The fraction of sp³-hybridized carbons (Fsp3) is 0.385. The quantitative estimate of drug-likeness (QED) is 0.604. The first-order valence-corrected chi connectivity index (χ1v) is 5.19. The van der Waals surface area contributed by atoms with Crippen LogP contribution in [0.2, 0.25) is 0 Å². The lowest BCUT2D eigenvalue weighted by Gasteiger charge is -2.18. The second-order valence-corrected chi connectivity index (χ2v) is 3.65. The molecule has 0 N–H and O–H groups in total. The molecule has 0 heterocycles. The van der Waals surface area contributed by atoms with Crippen molar-refractivity contribution >= 4 is 5.57 Å². The van der Waals surface area contributed by atoms with E-state index >= 15 is 0 Å². The van der Waals surface area contributed by atoms with Gasteiger partial charge in [-0.15, -0.1) is 0 Å². The fourth-order valence-electron chi connectivity index (χ4n) is 2.11. The molecule has 0 heteroatoms. The highest BCUT2D eigenvalue weighted by molar-refractivity contribution is 5.69. The van der Waals surface area contributed by atoms with Crippen molar-refractivity contribution in [3.63, 3.8) is 0 Å². The Hall–Kier alpha value is -1.04. The van der Waals surface area contributed by atoms with Crippen molar-refractivity contribution in [1.29, 1.82) is 0 Å². The molecule has 0 amide bonds. The normalized spacial score (nSPS) is 18.7. The summed E-state index contributed by atoms with van der Waals surface area (Å²) in [6, 6.07) is 8.81. The number of hydrogen-bond acceptors (Lipinski definition) is 0. The number of rotatable bonds is 1. The summed E-state index contributed by atoms with van der Waals surface area (Å²) in [5.41, 5.74) is 4.59. The smallest absolute Gasteiger partial charge is 0.0196 e. The standard InChI is InChI=1S/C13H16/c1-2-6-11-8-5-9-12-7-3-4-10-13(11)12/h3-4,6-7,10H,2,5,8-9H2,1H3. The Morgan fingerprint density at radius 2 is 2.08 bits per heavy atom. The van der Waals surface area contributed by atoms with Crippen molar-refractivity contribution in [3.8, 4) is 0 Å². The third-order valence-electron chi connectivity index (χ3n) is 2.71. The number of fused-ring (bicyclic) bond motifs is 1. The van der Waals surface area contributed by atoms with Crippen LogP contribution in [0.4, 0.5) is 0 Å². The van der Waals surface area contributed by atoms with Crippen LogP contribution >= 0.6 is 0 Å². The number of benzene rings is 1. The van der Waals surface area contributed by atoms with Gasteiger partial charge in [0, 0.05) is 0 Å². The molecule has 1 aromatic rings. The average Bonchev–Trinajstić information content (AvgIpc) is 2.19. The molecule has 1 aliphatic rings. The molecule has 0 nitrogen and oxygen atoms in total. The highest BCUT2D eigenvalue weighted by Crippen LogP contribution is 2.30. The van der Waals surface area contributed by atoms with E-state index in [-0.39, 0.29) is 0 Å². The Balaban J connectivity index is 2.42. The van der Waals surface area contributed by atoms with E-state index in [0.29, 0.717) is 0 Å². The van der Waals surface area contributed by atoms with Crippen LogP contribution in [0.1, 0.15) is 37.3 Å². The van der Waals surface area contributed by atoms with Gasteiger partial charge in [-0.3, -0.25) is 0 Å².